The maximum atomic E-state index is 12.3. The zero-order chi connectivity index (χ0) is 22.8. The van der Waals surface area contributed by atoms with E-state index in [0.29, 0.717) is 12.8 Å². The molecule has 1 heterocycles. The van der Waals surface area contributed by atoms with E-state index in [1.807, 2.05) is 27.7 Å². The summed E-state index contributed by atoms with van der Waals surface area (Å²) in [7, 11) is 0. The van der Waals surface area contributed by atoms with Crippen molar-refractivity contribution >= 4 is 121 Å². The molecule has 1 unspecified atom stereocenters. The van der Waals surface area contributed by atoms with Gasteiger partial charge in [-0.05, 0) is 41.5 Å². The third-order valence-electron chi connectivity index (χ3n) is 4.68. The van der Waals surface area contributed by atoms with Crippen LogP contribution in [0.3, 0.4) is 0 Å². The number of carbonyl (C=O) groups excluding carboxylic acids is 1. The van der Waals surface area contributed by atoms with Gasteiger partial charge in [-0.15, -0.1) is 0 Å². The summed E-state index contributed by atoms with van der Waals surface area (Å²) in [6.07, 6.45) is -1.95. The first kappa shape index (κ1) is 34.7. The van der Waals surface area contributed by atoms with E-state index in [9.17, 15) is 24.6 Å². The van der Waals surface area contributed by atoms with Crippen molar-refractivity contribution in [2.24, 2.45) is 0 Å². The number of carbonyl (C=O) groups is 3. The van der Waals surface area contributed by atoms with Gasteiger partial charge in [0.25, 0.3) is 0 Å². The van der Waals surface area contributed by atoms with Gasteiger partial charge in [-0.25, -0.2) is 4.79 Å². The van der Waals surface area contributed by atoms with Gasteiger partial charge >= 0.3 is 121 Å². The van der Waals surface area contributed by atoms with Crippen molar-refractivity contribution in [1.29, 1.82) is 0 Å². The van der Waals surface area contributed by atoms with Gasteiger partial charge in [-0.2, -0.15) is 5.06 Å². The summed E-state index contributed by atoms with van der Waals surface area (Å²) in [6, 6.07) is 0. The molecule has 12 heteroatoms. The van der Waals surface area contributed by atoms with Crippen molar-refractivity contribution in [2.45, 2.75) is 95.6 Å². The summed E-state index contributed by atoms with van der Waals surface area (Å²) in [5, 5.41) is 39.6. The summed E-state index contributed by atoms with van der Waals surface area (Å²) in [4.78, 5) is 40.1. The van der Waals surface area contributed by atoms with Crippen LogP contribution in [0.1, 0.15) is 67.2 Å². The molecular weight excluding hydrogens is 464 g/mol. The van der Waals surface area contributed by atoms with E-state index >= 15 is 0 Å². The van der Waals surface area contributed by atoms with Crippen LogP contribution in [0.4, 0.5) is 0 Å². The SMILES string of the molecule is CC(C)(O)CON1C(C)(C)CC(OC(=O)CC(O)(CC(=O)O)C(=O)O)CC1(C)C.[KH].[KH]. The van der Waals surface area contributed by atoms with Gasteiger partial charge in [-0.1, -0.05) is 0 Å². The van der Waals surface area contributed by atoms with Crippen LogP contribution in [-0.4, -0.2) is 181 Å². The molecule has 1 rings (SSSR count). The molecule has 1 fully saturated rings. The zero-order valence-corrected chi connectivity index (χ0v) is 17.9. The molecule has 31 heavy (non-hydrogen) atoms. The van der Waals surface area contributed by atoms with Crippen LogP contribution in [0, 0.1) is 0 Å². The quantitative estimate of drug-likeness (QED) is 0.244. The molecule has 0 aromatic rings. The Morgan fingerprint density at radius 3 is 1.77 bits per heavy atom. The Balaban J connectivity index is 0. The van der Waals surface area contributed by atoms with Crippen molar-refractivity contribution < 1.29 is 44.4 Å². The number of piperidine rings is 1. The molecule has 0 aromatic heterocycles. The fourth-order valence-electron chi connectivity index (χ4n) is 3.76. The van der Waals surface area contributed by atoms with Crippen LogP contribution in [-0.2, 0) is 24.0 Å². The molecular formula is C19H35K2NO9. The normalized spacial score (nSPS) is 20.5. The van der Waals surface area contributed by atoms with E-state index < -0.39 is 59.1 Å². The molecule has 0 aromatic carbocycles. The van der Waals surface area contributed by atoms with Crippen molar-refractivity contribution in [3.05, 3.63) is 0 Å². The fraction of sp³-hybridized carbons (Fsp3) is 0.842. The summed E-state index contributed by atoms with van der Waals surface area (Å²) >= 11 is 0. The molecule has 0 spiro atoms. The topological polar surface area (TPSA) is 154 Å². The molecule has 1 atom stereocenters. The van der Waals surface area contributed by atoms with Gasteiger partial charge in [0, 0.05) is 23.9 Å². The predicted octanol–water partition coefficient (Wildman–Crippen LogP) is -0.363. The average Bonchev–Trinajstić information content (AvgIpc) is 2.41. The molecule has 4 N–H and O–H groups in total. The van der Waals surface area contributed by atoms with Crippen LogP contribution in [0.2, 0.25) is 0 Å². The van der Waals surface area contributed by atoms with E-state index in [1.165, 1.54) is 0 Å². The predicted molar refractivity (Wildman–Crippen MR) is 115 cm³/mol. The zero-order valence-electron chi connectivity index (χ0n) is 17.9. The van der Waals surface area contributed by atoms with E-state index in [0.717, 1.165) is 0 Å². The molecule has 1 aliphatic rings. The van der Waals surface area contributed by atoms with Gasteiger partial charge < -0.3 is 25.2 Å². The minimum atomic E-state index is -2.73. The number of esters is 1. The maximum absolute atomic E-state index is 12.3. The summed E-state index contributed by atoms with van der Waals surface area (Å²) in [5.41, 5.74) is -4.92. The summed E-state index contributed by atoms with van der Waals surface area (Å²) < 4.78 is 5.40. The van der Waals surface area contributed by atoms with Crippen LogP contribution in [0.15, 0.2) is 0 Å². The van der Waals surface area contributed by atoms with Crippen molar-refractivity contribution in [2.75, 3.05) is 6.61 Å². The number of ether oxygens (including phenoxy) is 1. The Labute approximate surface area is 268 Å². The van der Waals surface area contributed by atoms with E-state index in [-0.39, 0.29) is 109 Å². The van der Waals surface area contributed by atoms with Crippen molar-refractivity contribution in [3.63, 3.8) is 0 Å². The van der Waals surface area contributed by atoms with Crippen LogP contribution < -0.4 is 0 Å². The van der Waals surface area contributed by atoms with E-state index in [2.05, 4.69) is 0 Å². The number of aliphatic carboxylic acids is 2. The van der Waals surface area contributed by atoms with Gasteiger partial charge in [0.1, 0.15) is 6.10 Å². The second-order valence-corrected chi connectivity index (χ2v) is 9.61. The standard InChI is InChI=1S/C19H33NO9.2K.2H/c1-16(2)7-12(8-17(3,4)20(16)28-11-18(5,6)26)29-14(23)10-19(27,15(24)25)9-13(21)22;;;;/h12,26-27H,7-11H2,1-6H3,(H,21,22)(H,24,25);;;;. The van der Waals surface area contributed by atoms with Gasteiger partial charge in [0.2, 0.25) is 0 Å². The fourth-order valence-corrected chi connectivity index (χ4v) is 3.76. The third-order valence-corrected chi connectivity index (χ3v) is 4.68. The monoisotopic (exact) mass is 499 g/mol. The molecule has 0 bridgehead atoms. The Hall–Kier alpha value is 1.52. The Kier molecular flexibility index (Phi) is 14.6. The number of carboxylic acid groups (broad SMARTS) is 2. The molecule has 172 valence electrons. The summed E-state index contributed by atoms with van der Waals surface area (Å²) in [6.45, 7) is 10.9. The number of nitrogens with zero attached hydrogens (tertiary/aromatic N) is 1. The first-order valence-electron chi connectivity index (χ1n) is 9.41. The van der Waals surface area contributed by atoms with Crippen molar-refractivity contribution in [3.8, 4) is 0 Å². The summed E-state index contributed by atoms with van der Waals surface area (Å²) in [5.74, 6) is -4.33. The first-order valence-corrected chi connectivity index (χ1v) is 9.41. The third kappa shape index (κ3) is 11.2. The van der Waals surface area contributed by atoms with Gasteiger partial charge in [-0.3, -0.25) is 14.4 Å². The molecule has 0 radical (unpaired) electrons. The Morgan fingerprint density at radius 1 is 0.968 bits per heavy atom. The average molecular weight is 500 g/mol. The van der Waals surface area contributed by atoms with Gasteiger partial charge in [0.15, 0.2) is 5.60 Å². The number of rotatable bonds is 9. The number of aliphatic hydroxyl groups is 2. The van der Waals surface area contributed by atoms with Gasteiger partial charge in [0.05, 0.1) is 25.0 Å². The van der Waals surface area contributed by atoms with E-state index in [4.69, 9.17) is 19.8 Å². The second kappa shape index (κ2) is 13.0. The number of hydroxylamine groups is 2. The molecule has 0 saturated carbocycles. The Bertz CT molecular complexity index is 631. The minimum absolute atomic E-state index is 0. The molecule has 10 nitrogen and oxygen atoms in total. The Morgan fingerprint density at radius 2 is 1.42 bits per heavy atom. The second-order valence-electron chi connectivity index (χ2n) is 9.61. The number of hydrogen-bond acceptors (Lipinski definition) is 8. The molecule has 0 amide bonds. The first-order chi connectivity index (χ1) is 12.9. The molecule has 0 aliphatic carbocycles. The van der Waals surface area contributed by atoms with E-state index in [1.54, 1.807) is 18.9 Å². The van der Waals surface area contributed by atoms with Crippen LogP contribution >= 0.6 is 0 Å². The molecule has 1 saturated heterocycles. The van der Waals surface area contributed by atoms with Crippen molar-refractivity contribution in [1.82, 2.24) is 5.06 Å². The number of carboxylic acids is 2. The van der Waals surface area contributed by atoms with Crippen LogP contribution in [0.5, 0.6) is 0 Å². The van der Waals surface area contributed by atoms with Crippen LogP contribution in [0.25, 0.3) is 0 Å². The number of hydrogen-bond donors (Lipinski definition) is 4. The molecule has 1 aliphatic heterocycles.